The van der Waals surface area contributed by atoms with Gasteiger partial charge >= 0.3 is 0 Å². The smallest absolute Gasteiger partial charge is 0.222 e. The molecule has 1 N–H and O–H groups in total. The number of oxime groups is 1. The summed E-state index contributed by atoms with van der Waals surface area (Å²) in [5.74, 6) is 0.986. The Balaban J connectivity index is 2.42. The van der Waals surface area contributed by atoms with Crippen molar-refractivity contribution in [2.45, 2.75) is 40.0 Å². The van der Waals surface area contributed by atoms with Gasteiger partial charge < -0.3 is 10.1 Å². The molecule has 4 heteroatoms. The van der Waals surface area contributed by atoms with Crippen molar-refractivity contribution in [1.82, 2.24) is 4.90 Å². The van der Waals surface area contributed by atoms with Gasteiger partial charge in [-0.2, -0.15) is 0 Å². The second kappa shape index (κ2) is 5.87. The van der Waals surface area contributed by atoms with Gasteiger partial charge in [0.05, 0.1) is 5.71 Å². The van der Waals surface area contributed by atoms with Crippen molar-refractivity contribution in [1.29, 1.82) is 0 Å². The van der Waals surface area contributed by atoms with E-state index in [0.29, 0.717) is 31.8 Å². The zero-order valence-corrected chi connectivity index (χ0v) is 10.4. The van der Waals surface area contributed by atoms with Crippen molar-refractivity contribution in [3.05, 3.63) is 0 Å². The maximum absolute atomic E-state index is 11.9. The molecule has 0 aromatic heterocycles. The average molecular weight is 226 g/mol. The lowest BCUT2D eigenvalue weighted by Gasteiger charge is -2.31. The van der Waals surface area contributed by atoms with Crippen LogP contribution in [0.2, 0.25) is 0 Å². The van der Waals surface area contributed by atoms with Crippen LogP contribution in [0, 0.1) is 11.8 Å². The largest absolute Gasteiger partial charge is 0.411 e. The molecule has 1 atom stereocenters. The number of hydrogen-bond donors (Lipinski definition) is 1. The first-order valence-corrected chi connectivity index (χ1v) is 6.03. The highest BCUT2D eigenvalue weighted by Crippen LogP contribution is 2.16. The number of carbonyl (C=O) groups is 1. The van der Waals surface area contributed by atoms with Gasteiger partial charge in [0.15, 0.2) is 0 Å². The van der Waals surface area contributed by atoms with Gasteiger partial charge in [0.2, 0.25) is 5.91 Å². The monoisotopic (exact) mass is 226 g/mol. The van der Waals surface area contributed by atoms with E-state index < -0.39 is 0 Å². The van der Waals surface area contributed by atoms with Crippen LogP contribution < -0.4 is 0 Å². The van der Waals surface area contributed by atoms with E-state index >= 15 is 0 Å². The first-order chi connectivity index (χ1) is 7.54. The summed E-state index contributed by atoms with van der Waals surface area (Å²) in [7, 11) is 0. The molecule has 0 saturated carbocycles. The summed E-state index contributed by atoms with van der Waals surface area (Å²) < 4.78 is 0. The molecule has 0 bridgehead atoms. The van der Waals surface area contributed by atoms with Crippen molar-refractivity contribution in [3.8, 4) is 0 Å². The van der Waals surface area contributed by atoms with Crippen molar-refractivity contribution < 1.29 is 10.0 Å². The molecule has 0 spiro atoms. The van der Waals surface area contributed by atoms with Crippen LogP contribution in [0.5, 0.6) is 0 Å². The Morgan fingerprint density at radius 3 is 2.81 bits per heavy atom. The van der Waals surface area contributed by atoms with E-state index in [1.165, 1.54) is 0 Å². The van der Waals surface area contributed by atoms with Crippen LogP contribution in [-0.4, -0.2) is 34.8 Å². The number of rotatable bonds is 3. The number of likely N-dealkylation sites (tertiary alicyclic amines) is 1. The highest BCUT2D eigenvalue weighted by atomic mass is 16.4. The van der Waals surface area contributed by atoms with E-state index in [-0.39, 0.29) is 11.8 Å². The minimum Gasteiger partial charge on any atom is -0.411 e. The zero-order valence-electron chi connectivity index (χ0n) is 10.4. The van der Waals surface area contributed by atoms with E-state index in [1.807, 2.05) is 11.8 Å². The lowest BCUT2D eigenvalue weighted by Crippen LogP contribution is -2.43. The third-order valence-electron chi connectivity index (χ3n) is 3.12. The van der Waals surface area contributed by atoms with Gasteiger partial charge in [-0.15, -0.1) is 0 Å². The van der Waals surface area contributed by atoms with Crippen molar-refractivity contribution >= 4 is 11.6 Å². The van der Waals surface area contributed by atoms with Crippen molar-refractivity contribution in [2.75, 3.05) is 13.1 Å². The maximum Gasteiger partial charge on any atom is 0.222 e. The molecule has 1 rings (SSSR count). The van der Waals surface area contributed by atoms with Crippen LogP contribution in [0.4, 0.5) is 0 Å². The fourth-order valence-corrected chi connectivity index (χ4v) is 1.97. The molecule has 92 valence electrons. The van der Waals surface area contributed by atoms with Gasteiger partial charge in [-0.25, -0.2) is 0 Å². The molecule has 1 heterocycles. The quantitative estimate of drug-likeness (QED) is 0.592. The lowest BCUT2D eigenvalue weighted by atomic mass is 9.97. The molecule has 1 fully saturated rings. The zero-order chi connectivity index (χ0) is 12.1. The van der Waals surface area contributed by atoms with E-state index in [2.05, 4.69) is 19.0 Å². The molecule has 0 radical (unpaired) electrons. The summed E-state index contributed by atoms with van der Waals surface area (Å²) >= 11 is 0. The average Bonchev–Trinajstić information content (AvgIpc) is 2.25. The molecule has 0 aliphatic carbocycles. The molecule has 1 unspecified atom stereocenters. The second-order valence-electron chi connectivity index (χ2n) is 5.01. The fourth-order valence-electron chi connectivity index (χ4n) is 1.97. The molecular weight excluding hydrogens is 204 g/mol. The summed E-state index contributed by atoms with van der Waals surface area (Å²) in [6.07, 6.45) is 2.28. The number of carbonyl (C=O) groups excluding carboxylic acids is 1. The molecule has 1 aliphatic heterocycles. The van der Waals surface area contributed by atoms with E-state index in [4.69, 9.17) is 5.21 Å². The molecule has 4 nitrogen and oxygen atoms in total. The summed E-state index contributed by atoms with van der Waals surface area (Å²) in [5, 5.41) is 12.0. The van der Waals surface area contributed by atoms with Gasteiger partial charge in [-0.1, -0.05) is 25.9 Å². The van der Waals surface area contributed by atoms with Crippen LogP contribution in [0.15, 0.2) is 5.16 Å². The maximum atomic E-state index is 11.9. The lowest BCUT2D eigenvalue weighted by molar-refractivity contribution is -0.132. The highest BCUT2D eigenvalue weighted by Gasteiger charge is 2.25. The number of amides is 1. The Morgan fingerprint density at radius 2 is 2.31 bits per heavy atom. The topological polar surface area (TPSA) is 52.9 Å². The van der Waals surface area contributed by atoms with Crippen LogP contribution in [-0.2, 0) is 4.79 Å². The van der Waals surface area contributed by atoms with Crippen LogP contribution in [0.3, 0.4) is 0 Å². The van der Waals surface area contributed by atoms with E-state index in [9.17, 15) is 4.79 Å². The SMILES string of the molecule is CC(C)CCC(=O)N1CCC(=NO)C(C)C1. The molecule has 16 heavy (non-hydrogen) atoms. The molecule has 0 aromatic rings. The molecular formula is C12H22N2O2. The number of hydrogen-bond acceptors (Lipinski definition) is 3. The number of nitrogens with zero attached hydrogens (tertiary/aromatic N) is 2. The predicted octanol–water partition coefficient (Wildman–Crippen LogP) is 2.12. The molecule has 0 aromatic carbocycles. The van der Waals surface area contributed by atoms with Crippen LogP contribution in [0.25, 0.3) is 0 Å². The Morgan fingerprint density at radius 1 is 1.62 bits per heavy atom. The van der Waals surface area contributed by atoms with E-state index in [1.54, 1.807) is 0 Å². The Hall–Kier alpha value is -1.06. The van der Waals surface area contributed by atoms with Gasteiger partial charge in [0.25, 0.3) is 0 Å². The standard InChI is InChI=1S/C12H22N2O2/c1-9(2)4-5-12(15)14-7-6-11(13-16)10(3)8-14/h9-10,16H,4-8H2,1-3H3. The molecule has 1 saturated heterocycles. The normalized spacial score (nSPS) is 24.1. The van der Waals surface area contributed by atoms with Gasteiger partial charge in [-0.3, -0.25) is 4.79 Å². The Bertz CT molecular complexity index is 274. The summed E-state index contributed by atoms with van der Waals surface area (Å²) in [6, 6.07) is 0. The van der Waals surface area contributed by atoms with E-state index in [0.717, 1.165) is 12.1 Å². The number of piperidine rings is 1. The van der Waals surface area contributed by atoms with Crippen molar-refractivity contribution in [3.63, 3.8) is 0 Å². The van der Waals surface area contributed by atoms with Gasteiger partial charge in [0, 0.05) is 31.8 Å². The summed E-state index contributed by atoms with van der Waals surface area (Å²) in [6.45, 7) is 7.64. The Labute approximate surface area is 97.3 Å². The third-order valence-corrected chi connectivity index (χ3v) is 3.12. The summed E-state index contributed by atoms with van der Waals surface area (Å²) in [4.78, 5) is 13.8. The summed E-state index contributed by atoms with van der Waals surface area (Å²) in [5.41, 5.74) is 0.813. The minimum absolute atomic E-state index is 0.182. The fraction of sp³-hybridized carbons (Fsp3) is 0.833. The molecule has 1 amide bonds. The second-order valence-corrected chi connectivity index (χ2v) is 5.01. The molecule has 1 aliphatic rings. The third kappa shape index (κ3) is 3.51. The van der Waals surface area contributed by atoms with Gasteiger partial charge in [0.1, 0.15) is 0 Å². The minimum atomic E-state index is 0.182. The van der Waals surface area contributed by atoms with Crippen molar-refractivity contribution in [2.24, 2.45) is 17.0 Å². The highest BCUT2D eigenvalue weighted by molar-refractivity contribution is 5.89. The first-order valence-electron chi connectivity index (χ1n) is 6.03. The Kier molecular flexibility index (Phi) is 4.77. The van der Waals surface area contributed by atoms with Crippen LogP contribution in [0.1, 0.15) is 40.0 Å². The van der Waals surface area contributed by atoms with Crippen LogP contribution >= 0.6 is 0 Å². The van der Waals surface area contributed by atoms with Gasteiger partial charge in [-0.05, 0) is 12.3 Å². The predicted molar refractivity (Wildman–Crippen MR) is 63.7 cm³/mol. The first kappa shape index (κ1) is 13.0.